The quantitative estimate of drug-likeness (QED) is 0.511. The van der Waals surface area contributed by atoms with Crippen LogP contribution in [0.15, 0.2) is 0 Å². The molecule has 124 valence electrons. The zero-order valence-electron chi connectivity index (χ0n) is 11.4. The van der Waals surface area contributed by atoms with E-state index in [0.29, 0.717) is 25.7 Å². The average molecular weight is 400 g/mol. The van der Waals surface area contributed by atoms with Crippen LogP contribution in [0.1, 0.15) is 51.4 Å². The predicted molar refractivity (Wildman–Crippen MR) is 85.4 cm³/mol. The molecule has 0 bridgehead atoms. The summed E-state index contributed by atoms with van der Waals surface area (Å²) in [6.07, 6.45) is 3.96. The molecule has 4 nitrogen and oxygen atoms in total. The van der Waals surface area contributed by atoms with Crippen LogP contribution in [0.2, 0.25) is 0 Å². The molecule has 0 aromatic rings. The van der Waals surface area contributed by atoms with Crippen LogP contribution in [0.5, 0.6) is 0 Å². The van der Waals surface area contributed by atoms with Crippen molar-refractivity contribution in [2.75, 3.05) is 0 Å². The summed E-state index contributed by atoms with van der Waals surface area (Å²) in [5, 5.41) is 0. The third-order valence-corrected chi connectivity index (χ3v) is 6.69. The highest BCUT2D eigenvalue weighted by Gasteiger charge is 2.46. The van der Waals surface area contributed by atoms with Gasteiger partial charge >= 0.3 is 7.82 Å². The smallest absolute Gasteiger partial charge is 0.302 e. The molecule has 2 saturated carbocycles. The fourth-order valence-electron chi connectivity index (χ4n) is 2.73. The maximum absolute atomic E-state index is 12.2. The molecule has 9 heteroatoms. The summed E-state index contributed by atoms with van der Waals surface area (Å²) in [7, 11) is -4.33. The molecule has 2 aliphatic carbocycles. The lowest BCUT2D eigenvalue weighted by Gasteiger charge is -2.37. The Labute approximate surface area is 145 Å². The van der Waals surface area contributed by atoms with Crippen molar-refractivity contribution in [2.24, 2.45) is 0 Å². The summed E-state index contributed by atoms with van der Waals surface area (Å²) < 4.78 is 20.2. The Kier molecular flexibility index (Phi) is 6.22. The molecule has 0 radical (unpaired) electrons. The summed E-state index contributed by atoms with van der Waals surface area (Å²) in [5.41, 5.74) is 0. The zero-order valence-corrected chi connectivity index (χ0v) is 15.4. The first-order valence-corrected chi connectivity index (χ1v) is 10.1. The molecule has 0 amide bonds. The van der Waals surface area contributed by atoms with Crippen LogP contribution in [-0.2, 0) is 13.6 Å². The molecule has 1 N–H and O–H groups in total. The molecule has 2 rings (SSSR count). The van der Waals surface area contributed by atoms with Gasteiger partial charge in [0.15, 0.2) is 0 Å². The van der Waals surface area contributed by atoms with E-state index in [0.717, 1.165) is 25.7 Å². The molecule has 21 heavy (non-hydrogen) atoms. The SMILES string of the molecule is O=P(O)(OC1CCCCC1(Cl)Cl)OC1CCCCC1(Cl)Cl. The molecule has 0 aliphatic heterocycles. The van der Waals surface area contributed by atoms with E-state index < -0.39 is 28.7 Å². The van der Waals surface area contributed by atoms with Crippen LogP contribution in [-0.4, -0.2) is 25.8 Å². The largest absolute Gasteiger partial charge is 0.472 e. The summed E-state index contributed by atoms with van der Waals surface area (Å²) in [6.45, 7) is 0. The van der Waals surface area contributed by atoms with Crippen LogP contribution < -0.4 is 0 Å². The van der Waals surface area contributed by atoms with Gasteiger partial charge in [-0.15, -0.1) is 0 Å². The van der Waals surface area contributed by atoms with E-state index >= 15 is 0 Å². The summed E-state index contributed by atoms with van der Waals surface area (Å²) in [4.78, 5) is 9.96. The Bertz CT molecular complexity index is 384. The molecular formula is C12H19Cl4O4P. The topological polar surface area (TPSA) is 55.8 Å². The van der Waals surface area contributed by atoms with Gasteiger partial charge in [0.05, 0.1) is 0 Å². The number of halogens is 4. The first kappa shape index (κ1) is 18.6. The van der Waals surface area contributed by atoms with Gasteiger partial charge in [0, 0.05) is 0 Å². The van der Waals surface area contributed by atoms with Gasteiger partial charge in [-0.25, -0.2) is 4.57 Å². The maximum Gasteiger partial charge on any atom is 0.472 e. The van der Waals surface area contributed by atoms with Gasteiger partial charge in [-0.3, -0.25) is 9.05 Å². The molecule has 0 saturated heterocycles. The Morgan fingerprint density at radius 1 is 0.857 bits per heavy atom. The molecule has 2 unspecified atom stereocenters. The number of phosphoric ester groups is 1. The van der Waals surface area contributed by atoms with Crippen molar-refractivity contribution in [3.63, 3.8) is 0 Å². The Balaban J connectivity index is 1.99. The third-order valence-electron chi connectivity index (χ3n) is 3.92. The lowest BCUT2D eigenvalue weighted by Crippen LogP contribution is -2.39. The first-order chi connectivity index (χ1) is 9.62. The second-order valence-electron chi connectivity index (χ2n) is 5.67. The second-order valence-corrected chi connectivity index (χ2v) is 10.1. The van der Waals surface area contributed by atoms with Crippen molar-refractivity contribution >= 4 is 54.2 Å². The number of hydrogen-bond donors (Lipinski definition) is 1. The molecular weight excluding hydrogens is 381 g/mol. The van der Waals surface area contributed by atoms with Crippen LogP contribution in [0.25, 0.3) is 0 Å². The van der Waals surface area contributed by atoms with E-state index in [1.165, 1.54) is 0 Å². The lowest BCUT2D eigenvalue weighted by molar-refractivity contribution is 0.0405. The zero-order chi connectivity index (χ0) is 15.7. The highest BCUT2D eigenvalue weighted by molar-refractivity contribution is 7.47. The number of rotatable bonds is 4. The fourth-order valence-corrected chi connectivity index (χ4v) is 5.39. The van der Waals surface area contributed by atoms with Crippen molar-refractivity contribution in [1.82, 2.24) is 0 Å². The molecule has 0 spiro atoms. The van der Waals surface area contributed by atoms with E-state index in [9.17, 15) is 9.46 Å². The van der Waals surface area contributed by atoms with Gasteiger partial charge in [-0.05, 0) is 25.7 Å². The van der Waals surface area contributed by atoms with Gasteiger partial charge in [-0.1, -0.05) is 72.1 Å². The van der Waals surface area contributed by atoms with E-state index in [4.69, 9.17) is 55.5 Å². The number of phosphoric acid groups is 1. The molecule has 0 aromatic heterocycles. The first-order valence-electron chi connectivity index (χ1n) is 7.08. The molecule has 2 aliphatic rings. The van der Waals surface area contributed by atoms with Crippen LogP contribution in [0.4, 0.5) is 0 Å². The monoisotopic (exact) mass is 398 g/mol. The minimum Gasteiger partial charge on any atom is -0.302 e. The van der Waals surface area contributed by atoms with Crippen molar-refractivity contribution in [2.45, 2.75) is 72.2 Å². The van der Waals surface area contributed by atoms with E-state index in [1.54, 1.807) is 0 Å². The number of hydrogen-bond acceptors (Lipinski definition) is 3. The lowest BCUT2D eigenvalue weighted by atomic mass is 9.97. The van der Waals surface area contributed by atoms with E-state index in [1.807, 2.05) is 0 Å². The van der Waals surface area contributed by atoms with Crippen molar-refractivity contribution in [3.8, 4) is 0 Å². The Morgan fingerprint density at radius 2 is 1.24 bits per heavy atom. The second kappa shape index (κ2) is 7.03. The Hall–Kier alpha value is 1.27. The Morgan fingerprint density at radius 3 is 1.57 bits per heavy atom. The van der Waals surface area contributed by atoms with Gasteiger partial charge in [-0.2, -0.15) is 0 Å². The standard InChI is InChI=1S/C12H19Cl4O4P/c13-11(14)7-3-1-5-9(11)19-21(17,18)20-10-6-2-4-8-12(10,15)16/h9-10H,1-8H2,(H,17,18). The summed E-state index contributed by atoms with van der Waals surface area (Å²) in [5.74, 6) is 0. The van der Waals surface area contributed by atoms with Crippen molar-refractivity contribution < 1.29 is 18.5 Å². The molecule has 0 heterocycles. The molecule has 0 aromatic carbocycles. The van der Waals surface area contributed by atoms with Gasteiger partial charge < -0.3 is 4.89 Å². The predicted octanol–water partition coefficient (Wildman–Crippen LogP) is 5.35. The van der Waals surface area contributed by atoms with E-state index in [2.05, 4.69) is 0 Å². The van der Waals surface area contributed by atoms with Gasteiger partial charge in [0.2, 0.25) is 0 Å². The summed E-state index contributed by atoms with van der Waals surface area (Å²) >= 11 is 24.6. The third kappa shape index (κ3) is 5.12. The highest BCUT2D eigenvalue weighted by Crippen LogP contribution is 2.55. The van der Waals surface area contributed by atoms with Crippen molar-refractivity contribution in [1.29, 1.82) is 0 Å². The normalized spacial score (nSPS) is 35.1. The molecule has 2 atom stereocenters. The van der Waals surface area contributed by atoms with Gasteiger partial charge in [0.1, 0.15) is 20.9 Å². The van der Waals surface area contributed by atoms with Crippen LogP contribution >= 0.6 is 54.2 Å². The highest BCUT2D eigenvalue weighted by atomic mass is 35.5. The van der Waals surface area contributed by atoms with E-state index in [-0.39, 0.29) is 0 Å². The molecule has 2 fully saturated rings. The average Bonchev–Trinajstić information content (AvgIpc) is 2.34. The fraction of sp³-hybridized carbons (Fsp3) is 1.00. The van der Waals surface area contributed by atoms with Crippen molar-refractivity contribution in [3.05, 3.63) is 0 Å². The van der Waals surface area contributed by atoms with Crippen LogP contribution in [0, 0.1) is 0 Å². The minimum absolute atomic E-state index is 0.512. The van der Waals surface area contributed by atoms with Crippen LogP contribution in [0.3, 0.4) is 0 Å². The summed E-state index contributed by atoms with van der Waals surface area (Å²) in [6, 6.07) is 0. The minimum atomic E-state index is -4.33. The maximum atomic E-state index is 12.2. The number of alkyl halides is 4. The van der Waals surface area contributed by atoms with Gasteiger partial charge in [0.25, 0.3) is 0 Å².